The van der Waals surface area contributed by atoms with Gasteiger partial charge in [0.2, 0.25) is 5.95 Å². The number of nitrogens with two attached hydrogens (primary N) is 1. The van der Waals surface area contributed by atoms with Crippen molar-refractivity contribution in [2.75, 3.05) is 41.7 Å². The van der Waals surface area contributed by atoms with Crippen molar-refractivity contribution in [1.82, 2.24) is 19.9 Å². The molecule has 0 spiro atoms. The maximum Gasteiger partial charge on any atom is 0.225 e. The number of nitrogen functional groups attached to an aromatic ring is 1. The molecule has 138 valence electrons. The first-order chi connectivity index (χ1) is 12.7. The smallest absolute Gasteiger partial charge is 0.225 e. The fourth-order valence-electron chi connectivity index (χ4n) is 4.17. The fraction of sp³-hybridized carbons (Fsp3) is 0.556. The van der Waals surface area contributed by atoms with E-state index in [4.69, 9.17) is 17.3 Å². The van der Waals surface area contributed by atoms with Crippen molar-refractivity contribution in [2.45, 2.75) is 25.7 Å². The van der Waals surface area contributed by atoms with Crippen LogP contribution in [0.25, 0.3) is 0 Å². The Morgan fingerprint density at radius 2 is 1.42 bits per heavy atom. The Morgan fingerprint density at radius 3 is 2.00 bits per heavy atom. The molecular formula is C18H24ClN7. The third kappa shape index (κ3) is 3.82. The second-order valence-corrected chi connectivity index (χ2v) is 7.59. The van der Waals surface area contributed by atoms with Gasteiger partial charge in [-0.2, -0.15) is 0 Å². The largest absolute Gasteiger partial charge is 0.384 e. The lowest BCUT2D eigenvalue weighted by Gasteiger charge is -2.40. The molecule has 0 unspecified atom stereocenters. The second-order valence-electron chi connectivity index (χ2n) is 7.15. The molecular weight excluding hydrogens is 350 g/mol. The average Bonchev–Trinajstić information content (AvgIpc) is 2.69. The number of rotatable bonds is 3. The van der Waals surface area contributed by atoms with Gasteiger partial charge in [0.15, 0.2) is 0 Å². The lowest BCUT2D eigenvalue weighted by atomic mass is 9.79. The summed E-state index contributed by atoms with van der Waals surface area (Å²) < 4.78 is 0. The van der Waals surface area contributed by atoms with Crippen LogP contribution in [0.1, 0.15) is 25.7 Å². The van der Waals surface area contributed by atoms with Crippen molar-refractivity contribution < 1.29 is 0 Å². The number of aromatic nitrogens is 4. The summed E-state index contributed by atoms with van der Waals surface area (Å²) in [5.74, 6) is 3.86. The highest BCUT2D eigenvalue weighted by Crippen LogP contribution is 2.34. The van der Waals surface area contributed by atoms with E-state index in [0.717, 1.165) is 49.8 Å². The van der Waals surface area contributed by atoms with Crippen molar-refractivity contribution in [3.05, 3.63) is 29.8 Å². The Bertz CT molecular complexity index is 723. The van der Waals surface area contributed by atoms with Gasteiger partial charge in [0.25, 0.3) is 0 Å². The molecule has 4 heterocycles. The molecule has 0 saturated carbocycles. The predicted octanol–water partition coefficient (Wildman–Crippen LogP) is 2.64. The van der Waals surface area contributed by atoms with E-state index in [1.807, 2.05) is 6.07 Å². The van der Waals surface area contributed by atoms with Crippen molar-refractivity contribution in [1.29, 1.82) is 0 Å². The van der Waals surface area contributed by atoms with E-state index < -0.39 is 0 Å². The average molecular weight is 374 g/mol. The molecule has 0 atom stereocenters. The van der Waals surface area contributed by atoms with Crippen molar-refractivity contribution in [2.24, 2.45) is 11.8 Å². The van der Waals surface area contributed by atoms with E-state index in [-0.39, 0.29) is 0 Å². The minimum atomic E-state index is 0.536. The predicted molar refractivity (Wildman–Crippen MR) is 103 cm³/mol. The third-order valence-corrected chi connectivity index (χ3v) is 5.83. The quantitative estimate of drug-likeness (QED) is 0.885. The van der Waals surface area contributed by atoms with Gasteiger partial charge < -0.3 is 15.5 Å². The second kappa shape index (κ2) is 7.61. The summed E-state index contributed by atoms with van der Waals surface area (Å²) in [6, 6.07) is 1.87. The Labute approximate surface area is 158 Å². The summed E-state index contributed by atoms with van der Waals surface area (Å²) in [6.07, 6.45) is 9.73. The number of nitrogens with zero attached hydrogens (tertiary/aromatic N) is 6. The maximum atomic E-state index is 5.88. The first-order valence-corrected chi connectivity index (χ1v) is 9.62. The lowest BCUT2D eigenvalue weighted by molar-refractivity contribution is 0.232. The number of hydrogen-bond donors (Lipinski definition) is 1. The molecule has 2 N–H and O–H groups in total. The summed E-state index contributed by atoms with van der Waals surface area (Å²) in [6.45, 7) is 4.13. The van der Waals surface area contributed by atoms with Gasteiger partial charge in [-0.3, -0.25) is 0 Å². The number of anilines is 3. The zero-order chi connectivity index (χ0) is 17.9. The molecule has 2 saturated heterocycles. The van der Waals surface area contributed by atoms with Crippen molar-refractivity contribution in [3.8, 4) is 0 Å². The van der Waals surface area contributed by atoms with Crippen LogP contribution >= 0.6 is 11.6 Å². The molecule has 0 bridgehead atoms. The molecule has 2 aliphatic rings. The lowest BCUT2D eigenvalue weighted by Crippen LogP contribution is -2.41. The van der Waals surface area contributed by atoms with Crippen LogP contribution in [0.15, 0.2) is 24.8 Å². The normalized spacial score (nSPS) is 19.7. The molecule has 0 aliphatic carbocycles. The van der Waals surface area contributed by atoms with E-state index >= 15 is 0 Å². The first-order valence-electron chi connectivity index (χ1n) is 9.24. The third-order valence-electron chi connectivity index (χ3n) is 5.63. The molecule has 2 fully saturated rings. The molecule has 26 heavy (non-hydrogen) atoms. The molecule has 0 aromatic carbocycles. The Morgan fingerprint density at radius 1 is 0.846 bits per heavy atom. The summed E-state index contributed by atoms with van der Waals surface area (Å²) >= 11 is 5.88. The van der Waals surface area contributed by atoms with Crippen LogP contribution in [0.3, 0.4) is 0 Å². The summed E-state index contributed by atoms with van der Waals surface area (Å²) in [5.41, 5.74) is 5.78. The van der Waals surface area contributed by atoms with Gasteiger partial charge in [-0.15, -0.1) is 0 Å². The van der Waals surface area contributed by atoms with Gasteiger partial charge in [0.1, 0.15) is 18.0 Å². The van der Waals surface area contributed by atoms with E-state index in [1.165, 1.54) is 25.7 Å². The first kappa shape index (κ1) is 17.3. The van der Waals surface area contributed by atoms with Crippen LogP contribution in [0.5, 0.6) is 0 Å². The minimum absolute atomic E-state index is 0.536. The zero-order valence-corrected chi connectivity index (χ0v) is 15.5. The van der Waals surface area contributed by atoms with Crippen molar-refractivity contribution >= 4 is 29.2 Å². The van der Waals surface area contributed by atoms with Crippen LogP contribution in [-0.2, 0) is 0 Å². The van der Waals surface area contributed by atoms with E-state index in [0.29, 0.717) is 10.8 Å². The van der Waals surface area contributed by atoms with Gasteiger partial charge in [0, 0.05) is 32.2 Å². The molecule has 2 aliphatic heterocycles. The van der Waals surface area contributed by atoms with Crippen LogP contribution in [0, 0.1) is 11.8 Å². The molecule has 7 nitrogen and oxygen atoms in total. The van der Waals surface area contributed by atoms with Crippen LogP contribution in [0.4, 0.5) is 17.6 Å². The molecule has 0 amide bonds. The number of piperidine rings is 2. The standard InChI is InChI=1S/C18H24ClN7/c19-15-10-21-18(22-11-15)26-7-3-14(4-8-26)13-1-5-25(6-2-13)17-9-16(20)23-12-24-17/h9-14H,1-8H2,(H2,20,23,24). The highest BCUT2D eigenvalue weighted by atomic mass is 35.5. The van der Waals surface area contributed by atoms with Gasteiger partial charge in [0.05, 0.1) is 17.4 Å². The summed E-state index contributed by atoms with van der Waals surface area (Å²) in [7, 11) is 0. The SMILES string of the molecule is Nc1cc(N2CCC(C3CCN(c4ncc(Cl)cn4)CC3)CC2)ncn1. The highest BCUT2D eigenvalue weighted by Gasteiger charge is 2.30. The zero-order valence-electron chi connectivity index (χ0n) is 14.8. The van der Waals surface area contributed by atoms with Crippen LogP contribution in [0.2, 0.25) is 5.02 Å². The van der Waals surface area contributed by atoms with Gasteiger partial charge in [-0.25, -0.2) is 19.9 Å². The Hall–Kier alpha value is -2.15. The van der Waals surface area contributed by atoms with Crippen molar-refractivity contribution in [3.63, 3.8) is 0 Å². The van der Waals surface area contributed by atoms with Gasteiger partial charge in [-0.05, 0) is 37.5 Å². The summed E-state index contributed by atoms with van der Waals surface area (Å²) in [4.78, 5) is 21.6. The van der Waals surface area contributed by atoms with Crippen LogP contribution < -0.4 is 15.5 Å². The number of hydrogen-bond acceptors (Lipinski definition) is 7. The topological polar surface area (TPSA) is 84.1 Å². The minimum Gasteiger partial charge on any atom is -0.384 e. The summed E-state index contributed by atoms with van der Waals surface area (Å²) in [5, 5.41) is 0.584. The van der Waals surface area contributed by atoms with E-state index in [9.17, 15) is 0 Å². The van der Waals surface area contributed by atoms with Crippen LogP contribution in [-0.4, -0.2) is 46.1 Å². The number of halogens is 1. The monoisotopic (exact) mass is 373 g/mol. The molecule has 4 rings (SSSR count). The Kier molecular flexibility index (Phi) is 5.06. The maximum absolute atomic E-state index is 5.88. The van der Waals surface area contributed by atoms with Gasteiger partial charge in [-0.1, -0.05) is 11.6 Å². The Balaban J connectivity index is 1.29. The highest BCUT2D eigenvalue weighted by molar-refractivity contribution is 6.30. The molecule has 0 radical (unpaired) electrons. The molecule has 2 aromatic heterocycles. The molecule has 8 heteroatoms. The van der Waals surface area contributed by atoms with E-state index in [1.54, 1.807) is 18.7 Å². The van der Waals surface area contributed by atoms with E-state index in [2.05, 4.69) is 29.7 Å². The molecule has 2 aromatic rings. The fourth-order valence-corrected chi connectivity index (χ4v) is 4.27. The van der Waals surface area contributed by atoms with Gasteiger partial charge >= 0.3 is 0 Å².